The van der Waals surface area contributed by atoms with Crippen LogP contribution in [0.1, 0.15) is 17.4 Å². The Morgan fingerprint density at radius 2 is 1.84 bits per heavy atom. The van der Waals surface area contributed by atoms with Crippen LogP contribution in [0.5, 0.6) is 5.75 Å². The molecule has 0 unspecified atom stereocenters. The Bertz CT molecular complexity index is 845. The van der Waals surface area contributed by atoms with Crippen molar-refractivity contribution in [3.63, 3.8) is 0 Å². The molecule has 3 rings (SSSR count). The summed E-state index contributed by atoms with van der Waals surface area (Å²) < 4.78 is 7.16. The lowest BCUT2D eigenvalue weighted by atomic mass is 10.1. The molecule has 0 aliphatic heterocycles. The van der Waals surface area contributed by atoms with Crippen molar-refractivity contribution in [2.24, 2.45) is 7.05 Å². The Morgan fingerprint density at radius 1 is 1.12 bits per heavy atom. The van der Waals surface area contributed by atoms with E-state index >= 15 is 0 Å². The molecular formula is C19H20N4O2. The van der Waals surface area contributed by atoms with E-state index in [1.165, 1.54) is 0 Å². The SMILES string of the molecule is COc1ccccc1NC(=O)N[C@H](c1ccccc1)c1nccn1C. The normalized spacial score (nSPS) is 11.6. The first-order valence-electron chi connectivity index (χ1n) is 7.91. The van der Waals surface area contributed by atoms with Crippen LogP contribution < -0.4 is 15.4 Å². The van der Waals surface area contributed by atoms with Gasteiger partial charge in [0.1, 0.15) is 17.6 Å². The first-order valence-corrected chi connectivity index (χ1v) is 7.91. The third-order valence-electron chi connectivity index (χ3n) is 3.88. The summed E-state index contributed by atoms with van der Waals surface area (Å²) in [5.41, 5.74) is 1.56. The van der Waals surface area contributed by atoms with Gasteiger partial charge >= 0.3 is 6.03 Å². The van der Waals surface area contributed by atoms with Crippen LogP contribution in [0.25, 0.3) is 0 Å². The highest BCUT2D eigenvalue weighted by atomic mass is 16.5. The molecule has 2 N–H and O–H groups in total. The number of anilines is 1. The van der Waals surface area contributed by atoms with Crippen LogP contribution >= 0.6 is 0 Å². The van der Waals surface area contributed by atoms with Crippen LogP contribution in [0.2, 0.25) is 0 Å². The van der Waals surface area contributed by atoms with Crippen molar-refractivity contribution >= 4 is 11.7 Å². The first kappa shape index (κ1) is 16.6. The van der Waals surface area contributed by atoms with E-state index in [2.05, 4.69) is 15.6 Å². The Labute approximate surface area is 146 Å². The van der Waals surface area contributed by atoms with E-state index in [0.717, 1.165) is 11.4 Å². The molecule has 2 amide bonds. The van der Waals surface area contributed by atoms with Gasteiger partial charge in [-0.05, 0) is 17.7 Å². The zero-order valence-corrected chi connectivity index (χ0v) is 14.1. The molecule has 25 heavy (non-hydrogen) atoms. The van der Waals surface area contributed by atoms with Crippen molar-refractivity contribution in [1.29, 1.82) is 0 Å². The fourth-order valence-electron chi connectivity index (χ4n) is 2.64. The molecule has 1 heterocycles. The molecule has 0 radical (unpaired) electrons. The van der Waals surface area contributed by atoms with Crippen LogP contribution in [0, 0.1) is 0 Å². The van der Waals surface area contributed by atoms with Gasteiger partial charge in [0.15, 0.2) is 0 Å². The molecule has 1 aromatic heterocycles. The third-order valence-corrected chi connectivity index (χ3v) is 3.88. The molecule has 6 heteroatoms. The number of imidazole rings is 1. The Hall–Kier alpha value is -3.28. The monoisotopic (exact) mass is 336 g/mol. The summed E-state index contributed by atoms with van der Waals surface area (Å²) in [6.45, 7) is 0. The predicted octanol–water partition coefficient (Wildman–Crippen LogP) is 3.34. The number of aryl methyl sites for hydroxylation is 1. The first-order chi connectivity index (χ1) is 12.2. The quantitative estimate of drug-likeness (QED) is 0.751. The van der Waals surface area contributed by atoms with Gasteiger partial charge in [0.05, 0.1) is 12.8 Å². The van der Waals surface area contributed by atoms with Crippen molar-refractivity contribution in [1.82, 2.24) is 14.9 Å². The van der Waals surface area contributed by atoms with Crippen LogP contribution in [-0.2, 0) is 7.05 Å². The molecule has 0 fully saturated rings. The maximum absolute atomic E-state index is 12.6. The van der Waals surface area contributed by atoms with Crippen LogP contribution in [0.15, 0.2) is 67.0 Å². The number of benzene rings is 2. The van der Waals surface area contributed by atoms with Gasteiger partial charge in [-0.1, -0.05) is 42.5 Å². The third kappa shape index (κ3) is 3.80. The van der Waals surface area contributed by atoms with Crippen molar-refractivity contribution in [3.8, 4) is 5.75 Å². The minimum atomic E-state index is -0.365. The lowest BCUT2D eigenvalue weighted by Gasteiger charge is -2.20. The number of urea groups is 1. The van der Waals surface area contributed by atoms with Gasteiger partial charge in [-0.25, -0.2) is 9.78 Å². The molecule has 0 saturated heterocycles. The van der Waals surface area contributed by atoms with E-state index < -0.39 is 0 Å². The number of nitrogens with zero attached hydrogens (tertiary/aromatic N) is 2. The van der Waals surface area contributed by atoms with Gasteiger partial charge in [0, 0.05) is 19.4 Å². The Morgan fingerprint density at radius 3 is 2.52 bits per heavy atom. The lowest BCUT2D eigenvalue weighted by molar-refractivity contribution is 0.249. The Balaban J connectivity index is 1.83. The van der Waals surface area contributed by atoms with Crippen LogP contribution in [0.4, 0.5) is 10.5 Å². The predicted molar refractivity (Wildman–Crippen MR) is 96.6 cm³/mol. The number of hydrogen-bond acceptors (Lipinski definition) is 3. The molecule has 0 spiro atoms. The molecule has 1 atom stereocenters. The molecule has 0 aliphatic rings. The summed E-state index contributed by atoms with van der Waals surface area (Å²) in [7, 11) is 3.47. The maximum Gasteiger partial charge on any atom is 0.320 e. The second-order valence-corrected chi connectivity index (χ2v) is 5.54. The van der Waals surface area contributed by atoms with Crippen molar-refractivity contribution in [3.05, 3.63) is 78.4 Å². The standard InChI is InChI=1S/C19H20N4O2/c1-23-13-12-20-18(23)17(14-8-4-3-5-9-14)22-19(24)21-15-10-6-7-11-16(15)25-2/h3-13,17H,1-2H3,(H2,21,22,24)/t17-/m1/s1. The fourth-order valence-corrected chi connectivity index (χ4v) is 2.64. The number of aromatic nitrogens is 2. The summed E-state index contributed by atoms with van der Waals surface area (Å²) in [5.74, 6) is 1.35. The van der Waals surface area contributed by atoms with Crippen molar-refractivity contribution in [2.75, 3.05) is 12.4 Å². The average molecular weight is 336 g/mol. The number of para-hydroxylation sites is 2. The average Bonchev–Trinajstić information content (AvgIpc) is 3.06. The minimum Gasteiger partial charge on any atom is -0.495 e. The summed E-state index contributed by atoms with van der Waals surface area (Å²) in [6, 6.07) is 16.3. The lowest BCUT2D eigenvalue weighted by Crippen LogP contribution is -2.34. The van der Waals surface area contributed by atoms with Crippen LogP contribution in [-0.4, -0.2) is 22.7 Å². The molecule has 0 bridgehead atoms. The van der Waals surface area contributed by atoms with Crippen molar-refractivity contribution in [2.45, 2.75) is 6.04 Å². The van der Waals surface area contributed by atoms with E-state index in [9.17, 15) is 4.79 Å². The molecular weight excluding hydrogens is 316 g/mol. The van der Waals surface area contributed by atoms with E-state index in [-0.39, 0.29) is 12.1 Å². The second-order valence-electron chi connectivity index (χ2n) is 5.54. The number of amides is 2. The van der Waals surface area contributed by atoms with E-state index in [1.54, 1.807) is 25.4 Å². The van der Waals surface area contributed by atoms with E-state index in [0.29, 0.717) is 11.4 Å². The van der Waals surface area contributed by atoms with Gasteiger partial charge in [0.25, 0.3) is 0 Å². The Kier molecular flexibility index (Phi) is 4.99. The number of nitrogens with one attached hydrogen (secondary N) is 2. The number of carbonyl (C=O) groups excluding carboxylic acids is 1. The van der Waals surface area contributed by atoms with Gasteiger partial charge in [-0.3, -0.25) is 0 Å². The minimum absolute atomic E-state index is 0.332. The van der Waals surface area contributed by atoms with E-state index in [4.69, 9.17) is 4.74 Å². The topological polar surface area (TPSA) is 68.2 Å². The van der Waals surface area contributed by atoms with Crippen molar-refractivity contribution < 1.29 is 9.53 Å². The highest BCUT2D eigenvalue weighted by Crippen LogP contribution is 2.24. The number of ether oxygens (including phenoxy) is 1. The highest BCUT2D eigenvalue weighted by Gasteiger charge is 2.21. The zero-order chi connectivity index (χ0) is 17.6. The van der Waals surface area contributed by atoms with Gasteiger partial charge < -0.3 is 19.9 Å². The largest absolute Gasteiger partial charge is 0.495 e. The van der Waals surface area contributed by atoms with Gasteiger partial charge in [-0.15, -0.1) is 0 Å². The molecule has 0 aliphatic carbocycles. The summed E-state index contributed by atoms with van der Waals surface area (Å²) >= 11 is 0. The molecule has 3 aromatic rings. The summed E-state index contributed by atoms with van der Waals surface area (Å²) in [5, 5.41) is 5.82. The number of hydrogen-bond donors (Lipinski definition) is 2. The molecule has 128 valence electrons. The molecule has 0 saturated carbocycles. The van der Waals surface area contributed by atoms with E-state index in [1.807, 2.05) is 60.3 Å². The second kappa shape index (κ2) is 7.53. The van der Waals surface area contributed by atoms with Gasteiger partial charge in [-0.2, -0.15) is 0 Å². The summed E-state index contributed by atoms with van der Waals surface area (Å²) in [6.07, 6.45) is 3.57. The molecule has 6 nitrogen and oxygen atoms in total. The van der Waals surface area contributed by atoms with Crippen LogP contribution in [0.3, 0.4) is 0 Å². The summed E-state index contributed by atoms with van der Waals surface area (Å²) in [4.78, 5) is 16.9. The maximum atomic E-state index is 12.6. The highest BCUT2D eigenvalue weighted by molar-refractivity contribution is 5.91. The fraction of sp³-hybridized carbons (Fsp3) is 0.158. The number of carbonyl (C=O) groups is 1. The molecule has 2 aromatic carbocycles. The zero-order valence-electron chi connectivity index (χ0n) is 14.1. The number of rotatable bonds is 5. The smallest absolute Gasteiger partial charge is 0.320 e. The number of methoxy groups -OCH3 is 1. The van der Waals surface area contributed by atoms with Gasteiger partial charge in [0.2, 0.25) is 0 Å².